The van der Waals surface area contributed by atoms with Gasteiger partial charge in [-0.3, -0.25) is 9.78 Å². The van der Waals surface area contributed by atoms with Gasteiger partial charge in [0.2, 0.25) is 5.78 Å². The highest BCUT2D eigenvalue weighted by atomic mass is 32.1. The second kappa shape index (κ2) is 4.76. The molecule has 0 radical (unpaired) electrons. The lowest BCUT2D eigenvalue weighted by molar-refractivity contribution is 0.103. The molecule has 0 aliphatic heterocycles. The summed E-state index contributed by atoms with van der Waals surface area (Å²) in [5.41, 5.74) is 0.655. The lowest BCUT2D eigenvalue weighted by atomic mass is 10.0. The first-order valence-electron chi connectivity index (χ1n) is 5.90. The van der Waals surface area contributed by atoms with Crippen molar-refractivity contribution in [2.75, 3.05) is 0 Å². The van der Waals surface area contributed by atoms with Crippen LogP contribution in [-0.4, -0.2) is 10.8 Å². The quantitative estimate of drug-likeness (QED) is 0.664. The molecule has 3 rings (SSSR count). The molecule has 0 saturated carbocycles. The smallest absolute Gasteiger partial charge is 0.200 e. The van der Waals surface area contributed by atoms with Crippen molar-refractivity contribution in [3.63, 3.8) is 0 Å². The third-order valence-corrected chi connectivity index (χ3v) is 3.93. The van der Waals surface area contributed by atoms with Crippen molar-refractivity contribution in [2.24, 2.45) is 0 Å². The van der Waals surface area contributed by atoms with E-state index >= 15 is 0 Å². The van der Waals surface area contributed by atoms with Crippen LogP contribution in [0.2, 0.25) is 0 Å². The van der Waals surface area contributed by atoms with Gasteiger partial charge in [-0.1, -0.05) is 6.07 Å². The zero-order valence-corrected chi connectivity index (χ0v) is 11.3. The van der Waals surface area contributed by atoms with Crippen LogP contribution in [0.4, 0.5) is 8.78 Å². The maximum atomic E-state index is 14.0. The number of hydrogen-bond donors (Lipinski definition) is 0. The molecule has 2 heterocycles. The predicted molar refractivity (Wildman–Crippen MR) is 74.1 cm³/mol. The van der Waals surface area contributed by atoms with Crippen LogP contribution >= 0.6 is 11.3 Å². The van der Waals surface area contributed by atoms with E-state index in [1.807, 2.05) is 11.4 Å². The molecule has 1 aromatic carbocycles. The van der Waals surface area contributed by atoms with Crippen LogP contribution in [0.5, 0.6) is 0 Å². The molecule has 20 heavy (non-hydrogen) atoms. The third kappa shape index (κ3) is 2.00. The highest BCUT2D eigenvalue weighted by Gasteiger charge is 2.21. The van der Waals surface area contributed by atoms with Crippen LogP contribution in [-0.2, 0) is 0 Å². The number of pyridine rings is 1. The van der Waals surface area contributed by atoms with Gasteiger partial charge in [0.25, 0.3) is 0 Å². The Bertz CT molecular complexity index is 826. The average Bonchev–Trinajstić information content (AvgIpc) is 2.90. The summed E-state index contributed by atoms with van der Waals surface area (Å²) in [5, 5.41) is 1.85. The van der Waals surface area contributed by atoms with Gasteiger partial charge in [-0.15, -0.1) is 11.3 Å². The molecule has 0 saturated heterocycles. The van der Waals surface area contributed by atoms with Crippen molar-refractivity contribution in [3.05, 3.63) is 64.2 Å². The molecule has 0 atom stereocenters. The molecule has 2 aromatic heterocycles. The highest BCUT2D eigenvalue weighted by Crippen LogP contribution is 2.23. The van der Waals surface area contributed by atoms with Crippen LogP contribution in [0.3, 0.4) is 0 Å². The normalized spacial score (nSPS) is 10.9. The number of carbonyl (C=O) groups excluding carboxylic acids is 1. The van der Waals surface area contributed by atoms with Crippen molar-refractivity contribution < 1.29 is 13.6 Å². The van der Waals surface area contributed by atoms with Gasteiger partial charge in [0.1, 0.15) is 11.6 Å². The van der Waals surface area contributed by atoms with E-state index in [9.17, 15) is 13.6 Å². The Morgan fingerprint density at radius 3 is 2.85 bits per heavy atom. The number of hydrogen-bond acceptors (Lipinski definition) is 3. The number of thiophene rings is 1. The fourth-order valence-electron chi connectivity index (χ4n) is 1.98. The third-order valence-electron chi connectivity index (χ3n) is 3.08. The summed E-state index contributed by atoms with van der Waals surface area (Å²) >= 11 is 1.42. The first kappa shape index (κ1) is 12.9. The molecule has 2 nitrogen and oxygen atoms in total. The number of rotatable bonds is 2. The second-order valence-electron chi connectivity index (χ2n) is 4.41. The largest absolute Gasteiger partial charge is 0.288 e. The van der Waals surface area contributed by atoms with Crippen molar-refractivity contribution in [2.45, 2.75) is 6.92 Å². The number of carbonyl (C=O) groups is 1. The Morgan fingerprint density at radius 1 is 1.25 bits per heavy atom. The Morgan fingerprint density at radius 2 is 2.05 bits per heavy atom. The van der Waals surface area contributed by atoms with Gasteiger partial charge in [-0.2, -0.15) is 0 Å². The van der Waals surface area contributed by atoms with Crippen LogP contribution < -0.4 is 0 Å². The molecule has 0 bridgehead atoms. The molecule has 5 heteroatoms. The summed E-state index contributed by atoms with van der Waals surface area (Å²) in [6.45, 7) is 1.49. The lowest BCUT2D eigenvalue weighted by Crippen LogP contribution is -2.09. The first-order chi connectivity index (χ1) is 9.58. The molecular weight excluding hydrogens is 280 g/mol. The molecule has 0 fully saturated rings. The van der Waals surface area contributed by atoms with E-state index in [1.54, 1.807) is 6.07 Å². The monoisotopic (exact) mass is 289 g/mol. The van der Waals surface area contributed by atoms with Gasteiger partial charge in [0, 0.05) is 11.8 Å². The summed E-state index contributed by atoms with van der Waals surface area (Å²) in [4.78, 5) is 16.4. The van der Waals surface area contributed by atoms with Crippen molar-refractivity contribution in [1.82, 2.24) is 4.98 Å². The van der Waals surface area contributed by atoms with Gasteiger partial charge in [0.05, 0.1) is 15.8 Å². The number of fused-ring (bicyclic) bond motifs is 1. The highest BCUT2D eigenvalue weighted by molar-refractivity contribution is 7.17. The number of aromatic nitrogens is 1. The molecule has 0 aliphatic carbocycles. The minimum atomic E-state index is -0.857. The molecule has 0 spiro atoms. The van der Waals surface area contributed by atoms with E-state index in [0.29, 0.717) is 0 Å². The Labute approximate surface area is 117 Å². The van der Waals surface area contributed by atoms with E-state index in [0.717, 1.165) is 16.3 Å². The van der Waals surface area contributed by atoms with Gasteiger partial charge in [-0.05, 0) is 36.1 Å². The Hall–Kier alpha value is -2.14. The number of aryl methyl sites for hydroxylation is 1. The number of nitrogens with zero attached hydrogens (tertiary/aromatic N) is 1. The summed E-state index contributed by atoms with van der Waals surface area (Å²) in [5.74, 6) is -2.36. The standard InChI is InChI=1S/C15H9F2NOS/c1-8-2-3-10(16)13(14(8)17)15(19)9-6-12-11(18-7-9)4-5-20-12/h2-7H,1H3. The zero-order valence-electron chi connectivity index (χ0n) is 10.5. The fraction of sp³-hybridized carbons (Fsp3) is 0.0667. The molecule has 0 N–H and O–H groups in total. The average molecular weight is 289 g/mol. The molecule has 0 aliphatic rings. The van der Waals surface area contributed by atoms with E-state index in [-0.39, 0.29) is 11.1 Å². The SMILES string of the molecule is Cc1ccc(F)c(C(=O)c2cnc3ccsc3c2)c1F. The fourth-order valence-corrected chi connectivity index (χ4v) is 2.76. The van der Waals surface area contributed by atoms with E-state index in [2.05, 4.69) is 4.98 Å². The number of ketones is 1. The van der Waals surface area contributed by atoms with E-state index < -0.39 is 23.0 Å². The zero-order chi connectivity index (χ0) is 14.3. The van der Waals surface area contributed by atoms with Gasteiger partial charge < -0.3 is 0 Å². The van der Waals surface area contributed by atoms with E-state index in [4.69, 9.17) is 0 Å². The van der Waals surface area contributed by atoms with Crippen LogP contribution in [0.1, 0.15) is 21.5 Å². The maximum absolute atomic E-state index is 14.0. The van der Waals surface area contributed by atoms with Crippen molar-refractivity contribution >= 4 is 27.3 Å². The summed E-state index contributed by atoms with van der Waals surface area (Å²) in [6.07, 6.45) is 1.35. The van der Waals surface area contributed by atoms with Crippen molar-refractivity contribution in [3.8, 4) is 0 Å². The van der Waals surface area contributed by atoms with Gasteiger partial charge in [-0.25, -0.2) is 8.78 Å². The minimum Gasteiger partial charge on any atom is -0.288 e. The lowest BCUT2D eigenvalue weighted by Gasteiger charge is -2.06. The van der Waals surface area contributed by atoms with Crippen LogP contribution in [0, 0.1) is 18.6 Å². The van der Waals surface area contributed by atoms with Crippen LogP contribution in [0.25, 0.3) is 10.2 Å². The number of benzene rings is 1. The molecule has 100 valence electrons. The summed E-state index contributed by atoms with van der Waals surface area (Å²) in [6, 6.07) is 5.84. The molecule has 0 amide bonds. The van der Waals surface area contributed by atoms with E-state index in [1.165, 1.54) is 30.5 Å². The molecular formula is C15H9F2NOS. The van der Waals surface area contributed by atoms with Gasteiger partial charge in [0.15, 0.2) is 0 Å². The minimum absolute atomic E-state index is 0.184. The topological polar surface area (TPSA) is 30.0 Å². The van der Waals surface area contributed by atoms with Crippen molar-refractivity contribution in [1.29, 1.82) is 0 Å². The molecule has 0 unspecified atom stereocenters. The number of halogens is 2. The predicted octanol–water partition coefficient (Wildman–Crippen LogP) is 4.11. The molecule has 3 aromatic rings. The Balaban J connectivity index is 2.15. The summed E-state index contributed by atoms with van der Waals surface area (Å²) < 4.78 is 28.5. The van der Waals surface area contributed by atoms with Crippen LogP contribution in [0.15, 0.2) is 35.8 Å². The maximum Gasteiger partial charge on any atom is 0.200 e. The summed E-state index contributed by atoms with van der Waals surface area (Å²) in [7, 11) is 0. The second-order valence-corrected chi connectivity index (χ2v) is 5.36. The van der Waals surface area contributed by atoms with Gasteiger partial charge >= 0.3 is 0 Å². The Kier molecular flexibility index (Phi) is 3.06. The first-order valence-corrected chi connectivity index (χ1v) is 6.78.